The maximum atomic E-state index is 12.6. The van der Waals surface area contributed by atoms with Crippen LogP contribution in [0.2, 0.25) is 0 Å². The van der Waals surface area contributed by atoms with E-state index in [0.29, 0.717) is 12.1 Å². The molecule has 1 unspecified atom stereocenters. The van der Waals surface area contributed by atoms with Crippen LogP contribution in [0.3, 0.4) is 0 Å². The zero-order valence-corrected chi connectivity index (χ0v) is 17.6. The van der Waals surface area contributed by atoms with Gasteiger partial charge in [-0.3, -0.25) is 14.9 Å². The van der Waals surface area contributed by atoms with E-state index in [2.05, 4.69) is 10.4 Å². The second kappa shape index (κ2) is 8.87. The first-order valence-corrected chi connectivity index (χ1v) is 9.73. The molecule has 1 atom stereocenters. The van der Waals surface area contributed by atoms with Crippen molar-refractivity contribution in [3.8, 4) is 5.69 Å². The number of carbonyl (C=O) groups excluding carboxylic acids is 1. The SMILES string of the molecule is Cc1cccc([N+](=O)[O-])c1NC(=O)C[NH+](C)Cc1c(C)nn(-c2ccccc2)c1C. The summed E-state index contributed by atoms with van der Waals surface area (Å²) in [4.78, 5) is 24.3. The molecule has 2 aromatic carbocycles. The van der Waals surface area contributed by atoms with Gasteiger partial charge in [-0.2, -0.15) is 5.10 Å². The van der Waals surface area contributed by atoms with E-state index in [1.807, 2.05) is 55.9 Å². The molecule has 0 spiro atoms. The summed E-state index contributed by atoms with van der Waals surface area (Å²) in [5.74, 6) is -0.268. The summed E-state index contributed by atoms with van der Waals surface area (Å²) in [6, 6.07) is 14.6. The third-order valence-electron chi connectivity index (χ3n) is 5.09. The molecule has 30 heavy (non-hydrogen) atoms. The number of nitrogens with one attached hydrogen (secondary N) is 2. The van der Waals surface area contributed by atoms with Crippen molar-refractivity contribution in [1.29, 1.82) is 0 Å². The van der Waals surface area contributed by atoms with E-state index in [1.54, 1.807) is 19.1 Å². The van der Waals surface area contributed by atoms with Gasteiger partial charge in [-0.05, 0) is 38.5 Å². The fourth-order valence-corrected chi connectivity index (χ4v) is 3.54. The molecular formula is C22H26N5O3+. The number of hydrogen-bond donors (Lipinski definition) is 2. The van der Waals surface area contributed by atoms with Crippen LogP contribution in [-0.4, -0.2) is 34.2 Å². The molecule has 1 amide bonds. The van der Waals surface area contributed by atoms with Gasteiger partial charge < -0.3 is 10.2 Å². The first kappa shape index (κ1) is 21.2. The lowest BCUT2D eigenvalue weighted by atomic mass is 10.1. The van der Waals surface area contributed by atoms with Crippen molar-refractivity contribution >= 4 is 17.3 Å². The van der Waals surface area contributed by atoms with E-state index in [1.165, 1.54) is 6.07 Å². The van der Waals surface area contributed by atoms with Crippen LogP contribution in [-0.2, 0) is 11.3 Å². The Bertz CT molecular complexity index is 1080. The average molecular weight is 408 g/mol. The van der Waals surface area contributed by atoms with E-state index in [9.17, 15) is 14.9 Å². The van der Waals surface area contributed by atoms with Crippen molar-refractivity contribution in [2.24, 2.45) is 0 Å². The summed E-state index contributed by atoms with van der Waals surface area (Å²) in [5.41, 5.74) is 4.85. The quantitative estimate of drug-likeness (QED) is 0.464. The lowest BCUT2D eigenvalue weighted by Gasteiger charge is -2.15. The number of aryl methyl sites for hydroxylation is 2. The summed E-state index contributed by atoms with van der Waals surface area (Å²) < 4.78 is 1.91. The van der Waals surface area contributed by atoms with Crippen molar-refractivity contribution in [2.45, 2.75) is 27.3 Å². The van der Waals surface area contributed by atoms with Gasteiger partial charge in [0.1, 0.15) is 12.2 Å². The molecule has 156 valence electrons. The van der Waals surface area contributed by atoms with E-state index in [0.717, 1.165) is 27.5 Å². The molecule has 8 heteroatoms. The summed E-state index contributed by atoms with van der Waals surface area (Å²) in [6.45, 7) is 6.52. The molecule has 0 aliphatic carbocycles. The lowest BCUT2D eigenvalue weighted by molar-refractivity contribution is -0.885. The third-order valence-corrected chi connectivity index (χ3v) is 5.09. The van der Waals surface area contributed by atoms with Crippen LogP contribution in [0.15, 0.2) is 48.5 Å². The Labute approximate surface area is 175 Å². The standard InChI is InChI=1S/C22H25N5O3/c1-15-9-8-12-20(27(29)30)22(15)23-21(28)14-25(4)13-19-16(2)24-26(17(19)3)18-10-6-5-7-11-18/h5-12H,13-14H2,1-4H3,(H,23,28)/p+1. The van der Waals surface area contributed by atoms with Gasteiger partial charge in [-0.15, -0.1) is 0 Å². The summed E-state index contributed by atoms with van der Waals surface area (Å²) >= 11 is 0. The molecule has 2 N–H and O–H groups in total. The molecule has 0 aliphatic heterocycles. The van der Waals surface area contributed by atoms with Crippen LogP contribution in [0, 0.1) is 30.9 Å². The minimum Gasteiger partial charge on any atom is -0.326 e. The molecule has 8 nitrogen and oxygen atoms in total. The topological polar surface area (TPSA) is 94.5 Å². The Morgan fingerprint density at radius 3 is 2.50 bits per heavy atom. The van der Waals surface area contributed by atoms with Gasteiger partial charge in [-0.1, -0.05) is 30.3 Å². The fourth-order valence-electron chi connectivity index (χ4n) is 3.54. The number of aromatic nitrogens is 2. The number of likely N-dealkylation sites (N-methyl/N-ethyl adjacent to an activating group) is 1. The van der Waals surface area contributed by atoms with Crippen molar-refractivity contribution in [3.05, 3.63) is 81.2 Å². The van der Waals surface area contributed by atoms with E-state index >= 15 is 0 Å². The molecule has 0 fully saturated rings. The predicted molar refractivity (Wildman–Crippen MR) is 115 cm³/mol. The number of amides is 1. The second-order valence-electron chi connectivity index (χ2n) is 7.48. The van der Waals surface area contributed by atoms with Crippen LogP contribution in [0.5, 0.6) is 0 Å². The lowest BCUT2D eigenvalue weighted by Crippen LogP contribution is -3.08. The van der Waals surface area contributed by atoms with Crippen LogP contribution in [0.4, 0.5) is 11.4 Å². The first-order valence-electron chi connectivity index (χ1n) is 9.73. The van der Waals surface area contributed by atoms with Gasteiger partial charge >= 0.3 is 0 Å². The molecule has 3 aromatic rings. The van der Waals surface area contributed by atoms with E-state index in [-0.39, 0.29) is 23.8 Å². The summed E-state index contributed by atoms with van der Waals surface area (Å²) in [7, 11) is 1.92. The molecule has 0 aliphatic rings. The molecule has 1 heterocycles. The van der Waals surface area contributed by atoms with Crippen LogP contribution < -0.4 is 10.2 Å². The first-order chi connectivity index (χ1) is 14.3. The average Bonchev–Trinajstić information content (AvgIpc) is 2.98. The Morgan fingerprint density at radius 2 is 1.83 bits per heavy atom. The summed E-state index contributed by atoms with van der Waals surface area (Å²) in [5, 5.41) is 18.6. The van der Waals surface area contributed by atoms with Gasteiger partial charge in [0.15, 0.2) is 6.54 Å². The van der Waals surface area contributed by atoms with Crippen molar-refractivity contribution in [2.75, 3.05) is 18.9 Å². The normalized spacial score (nSPS) is 11.9. The molecule has 0 saturated carbocycles. The zero-order chi connectivity index (χ0) is 21.8. The van der Waals surface area contributed by atoms with Crippen LogP contribution in [0.1, 0.15) is 22.5 Å². The Morgan fingerprint density at radius 1 is 1.13 bits per heavy atom. The zero-order valence-electron chi connectivity index (χ0n) is 17.6. The van der Waals surface area contributed by atoms with Crippen molar-refractivity contribution < 1.29 is 14.6 Å². The highest BCUT2D eigenvalue weighted by Crippen LogP contribution is 2.27. The van der Waals surface area contributed by atoms with E-state index in [4.69, 9.17) is 0 Å². The highest BCUT2D eigenvalue weighted by molar-refractivity contribution is 5.94. The Balaban J connectivity index is 1.71. The number of nitrogens with zero attached hydrogens (tertiary/aromatic N) is 3. The van der Waals surface area contributed by atoms with Crippen LogP contribution in [0.25, 0.3) is 5.69 Å². The third kappa shape index (κ3) is 4.55. The number of para-hydroxylation sites is 2. The van der Waals surface area contributed by atoms with Gasteiger partial charge in [-0.25, -0.2) is 4.68 Å². The Kier molecular flexibility index (Phi) is 6.27. The number of hydrogen-bond acceptors (Lipinski definition) is 4. The van der Waals surface area contributed by atoms with Crippen molar-refractivity contribution in [1.82, 2.24) is 9.78 Å². The maximum Gasteiger partial charge on any atom is 0.293 e. The van der Waals surface area contributed by atoms with Gasteiger partial charge in [0.25, 0.3) is 11.6 Å². The highest BCUT2D eigenvalue weighted by atomic mass is 16.6. The number of benzene rings is 2. The smallest absolute Gasteiger partial charge is 0.293 e. The van der Waals surface area contributed by atoms with Crippen molar-refractivity contribution in [3.63, 3.8) is 0 Å². The molecular weight excluding hydrogens is 382 g/mol. The second-order valence-corrected chi connectivity index (χ2v) is 7.48. The molecule has 0 saturated heterocycles. The number of nitro benzene ring substituents is 1. The highest BCUT2D eigenvalue weighted by Gasteiger charge is 2.21. The predicted octanol–water partition coefficient (Wildman–Crippen LogP) is 2.36. The number of rotatable bonds is 7. The fraction of sp³-hybridized carbons (Fsp3) is 0.273. The molecule has 0 bridgehead atoms. The number of carbonyl (C=O) groups is 1. The van der Waals surface area contributed by atoms with E-state index < -0.39 is 4.92 Å². The maximum absolute atomic E-state index is 12.6. The minimum absolute atomic E-state index is 0.100. The molecule has 1 aromatic heterocycles. The monoisotopic (exact) mass is 408 g/mol. The summed E-state index contributed by atoms with van der Waals surface area (Å²) in [6.07, 6.45) is 0. The number of nitro groups is 1. The molecule has 3 rings (SSSR count). The molecule has 0 radical (unpaired) electrons. The number of anilines is 1. The number of quaternary nitrogens is 1. The van der Waals surface area contributed by atoms with Crippen LogP contribution >= 0.6 is 0 Å². The minimum atomic E-state index is -0.482. The van der Waals surface area contributed by atoms with Gasteiger partial charge in [0.05, 0.1) is 34.6 Å². The largest absolute Gasteiger partial charge is 0.326 e. The van der Waals surface area contributed by atoms with Gasteiger partial charge in [0, 0.05) is 6.07 Å². The van der Waals surface area contributed by atoms with Gasteiger partial charge in [0.2, 0.25) is 0 Å². The Hall–Kier alpha value is -3.52.